The molecule has 0 spiro atoms. The molecule has 1 unspecified atom stereocenters. The Hall–Kier alpha value is -0.760. The summed E-state index contributed by atoms with van der Waals surface area (Å²) in [5.41, 5.74) is 1.10. The van der Waals surface area contributed by atoms with Crippen LogP contribution in [0.1, 0.15) is 13.3 Å². The van der Waals surface area contributed by atoms with Gasteiger partial charge in [0.2, 0.25) is 0 Å². The molecule has 0 saturated heterocycles. The lowest BCUT2D eigenvalue weighted by Gasteiger charge is -2.06. The van der Waals surface area contributed by atoms with E-state index in [1.165, 1.54) is 0 Å². The Kier molecular flexibility index (Phi) is 3.88. The van der Waals surface area contributed by atoms with Gasteiger partial charge in [-0.2, -0.15) is 0 Å². The summed E-state index contributed by atoms with van der Waals surface area (Å²) in [4.78, 5) is 3.92. The van der Waals surface area contributed by atoms with Crippen molar-refractivity contribution in [2.45, 2.75) is 18.7 Å². The van der Waals surface area contributed by atoms with Crippen LogP contribution in [0.3, 0.4) is 0 Å². The lowest BCUT2D eigenvalue weighted by atomic mass is 10.3. The molecule has 0 fully saturated rings. The summed E-state index contributed by atoms with van der Waals surface area (Å²) < 4.78 is 0. The molecule has 0 aliphatic heterocycles. The van der Waals surface area contributed by atoms with E-state index in [-0.39, 0.29) is 5.38 Å². The molecule has 1 N–H and O–H groups in total. The molecule has 1 rings (SSSR count). The lowest BCUT2D eigenvalue weighted by Crippen LogP contribution is -2.05. The number of aromatic nitrogens is 1. The topological polar surface area (TPSA) is 24.9 Å². The molecule has 1 heterocycles. The first-order chi connectivity index (χ1) is 5.79. The van der Waals surface area contributed by atoms with Gasteiger partial charge < -0.3 is 5.32 Å². The van der Waals surface area contributed by atoms with E-state index in [1.54, 1.807) is 12.4 Å². The van der Waals surface area contributed by atoms with Crippen LogP contribution in [0.25, 0.3) is 0 Å². The summed E-state index contributed by atoms with van der Waals surface area (Å²) in [6.45, 7) is 2.91. The number of nitrogens with one attached hydrogen (secondary N) is 1. The van der Waals surface area contributed by atoms with Crippen LogP contribution < -0.4 is 5.32 Å². The van der Waals surface area contributed by atoms with Crippen molar-refractivity contribution in [3.63, 3.8) is 0 Å². The van der Waals surface area contributed by atoms with Crippen molar-refractivity contribution in [1.29, 1.82) is 0 Å². The van der Waals surface area contributed by atoms with Crippen molar-refractivity contribution in [3.8, 4) is 0 Å². The molecule has 0 amide bonds. The van der Waals surface area contributed by atoms with Crippen molar-refractivity contribution >= 4 is 17.3 Å². The van der Waals surface area contributed by atoms with Crippen molar-refractivity contribution in [1.82, 2.24) is 4.98 Å². The van der Waals surface area contributed by atoms with Crippen LogP contribution in [-0.4, -0.2) is 16.9 Å². The van der Waals surface area contributed by atoms with Crippen LogP contribution in [-0.2, 0) is 0 Å². The Morgan fingerprint density at radius 1 is 1.50 bits per heavy atom. The van der Waals surface area contributed by atoms with Gasteiger partial charge in [-0.3, -0.25) is 4.98 Å². The molecule has 66 valence electrons. The fourth-order valence-electron chi connectivity index (χ4n) is 0.885. The summed E-state index contributed by atoms with van der Waals surface area (Å²) in [5.74, 6) is 0. The second kappa shape index (κ2) is 4.99. The average molecular weight is 185 g/mol. The molecule has 3 heteroatoms. The first-order valence-electron chi connectivity index (χ1n) is 4.07. The number of anilines is 1. The van der Waals surface area contributed by atoms with Crippen LogP contribution in [0.15, 0.2) is 24.5 Å². The summed E-state index contributed by atoms with van der Waals surface area (Å²) in [5, 5.41) is 3.49. The Bertz CT molecular complexity index is 211. The van der Waals surface area contributed by atoms with E-state index in [1.807, 2.05) is 19.1 Å². The molecule has 12 heavy (non-hydrogen) atoms. The highest BCUT2D eigenvalue weighted by Gasteiger charge is 1.94. The van der Waals surface area contributed by atoms with Crippen LogP contribution in [0.4, 0.5) is 5.69 Å². The number of alkyl halides is 1. The van der Waals surface area contributed by atoms with Crippen molar-refractivity contribution in [2.24, 2.45) is 0 Å². The Balaban J connectivity index is 2.25. The molecule has 1 aromatic rings. The Labute approximate surface area is 78.0 Å². The molecule has 2 nitrogen and oxygen atoms in total. The second-order valence-electron chi connectivity index (χ2n) is 2.73. The third-order valence-corrected chi connectivity index (χ3v) is 1.77. The fraction of sp³-hybridized carbons (Fsp3) is 0.444. The van der Waals surface area contributed by atoms with Crippen molar-refractivity contribution in [3.05, 3.63) is 24.5 Å². The zero-order chi connectivity index (χ0) is 8.81. The van der Waals surface area contributed by atoms with Crippen LogP contribution >= 0.6 is 11.6 Å². The average Bonchev–Trinajstić information content (AvgIpc) is 2.05. The molecule has 0 aromatic carbocycles. The highest BCUT2D eigenvalue weighted by molar-refractivity contribution is 6.20. The van der Waals surface area contributed by atoms with Gasteiger partial charge in [0.1, 0.15) is 0 Å². The van der Waals surface area contributed by atoms with Crippen LogP contribution in [0.2, 0.25) is 0 Å². The predicted molar refractivity (Wildman–Crippen MR) is 52.7 cm³/mol. The maximum Gasteiger partial charge on any atom is 0.0371 e. The SMILES string of the molecule is CC(Cl)CCNc1ccncc1. The van der Waals surface area contributed by atoms with Crippen LogP contribution in [0.5, 0.6) is 0 Å². The van der Waals surface area contributed by atoms with E-state index in [0.717, 1.165) is 18.7 Å². The largest absolute Gasteiger partial charge is 0.385 e. The summed E-state index contributed by atoms with van der Waals surface area (Å²) in [7, 11) is 0. The molecule has 0 aliphatic carbocycles. The first-order valence-corrected chi connectivity index (χ1v) is 4.50. The minimum Gasteiger partial charge on any atom is -0.385 e. The maximum atomic E-state index is 5.79. The third kappa shape index (κ3) is 3.58. The van der Waals surface area contributed by atoms with Gasteiger partial charge in [0.05, 0.1) is 0 Å². The molecule has 0 aliphatic rings. The van der Waals surface area contributed by atoms with Crippen molar-refractivity contribution < 1.29 is 0 Å². The summed E-state index contributed by atoms with van der Waals surface area (Å²) in [6.07, 6.45) is 4.52. The number of rotatable bonds is 4. The molecular formula is C9H13ClN2. The lowest BCUT2D eigenvalue weighted by molar-refractivity contribution is 0.842. The van der Waals surface area contributed by atoms with E-state index in [4.69, 9.17) is 11.6 Å². The van der Waals surface area contributed by atoms with E-state index in [9.17, 15) is 0 Å². The second-order valence-corrected chi connectivity index (χ2v) is 3.48. The van der Waals surface area contributed by atoms with Gasteiger partial charge in [0.25, 0.3) is 0 Å². The van der Waals surface area contributed by atoms with E-state index < -0.39 is 0 Å². The predicted octanol–water partition coefficient (Wildman–Crippen LogP) is 2.51. The quantitative estimate of drug-likeness (QED) is 0.728. The molecule has 0 saturated carbocycles. The molecule has 1 aromatic heterocycles. The Morgan fingerprint density at radius 3 is 2.75 bits per heavy atom. The van der Waals surface area contributed by atoms with Crippen LogP contribution in [0, 0.1) is 0 Å². The van der Waals surface area contributed by atoms with Gasteiger partial charge in [0, 0.05) is 30.0 Å². The molecular weight excluding hydrogens is 172 g/mol. The zero-order valence-corrected chi connectivity index (χ0v) is 7.88. The van der Waals surface area contributed by atoms with Gasteiger partial charge >= 0.3 is 0 Å². The molecule has 0 bridgehead atoms. The van der Waals surface area contributed by atoms with E-state index in [0.29, 0.717) is 0 Å². The molecule has 1 atom stereocenters. The molecule has 0 radical (unpaired) electrons. The minimum absolute atomic E-state index is 0.235. The standard InChI is InChI=1S/C9H13ClN2/c1-8(10)2-7-12-9-3-5-11-6-4-9/h3-6,8H,2,7H2,1H3,(H,11,12). The normalized spacial score (nSPS) is 12.5. The van der Waals surface area contributed by atoms with E-state index in [2.05, 4.69) is 10.3 Å². The summed E-state index contributed by atoms with van der Waals surface area (Å²) in [6, 6.07) is 3.89. The zero-order valence-electron chi connectivity index (χ0n) is 7.13. The number of nitrogens with zero attached hydrogens (tertiary/aromatic N) is 1. The number of pyridine rings is 1. The van der Waals surface area contributed by atoms with Gasteiger partial charge in [-0.25, -0.2) is 0 Å². The Morgan fingerprint density at radius 2 is 2.17 bits per heavy atom. The van der Waals surface area contributed by atoms with Crippen molar-refractivity contribution in [2.75, 3.05) is 11.9 Å². The fourth-order valence-corrected chi connectivity index (χ4v) is 0.994. The van der Waals surface area contributed by atoms with Gasteiger partial charge in [-0.05, 0) is 25.5 Å². The number of hydrogen-bond donors (Lipinski definition) is 1. The van der Waals surface area contributed by atoms with Gasteiger partial charge in [-0.15, -0.1) is 11.6 Å². The van der Waals surface area contributed by atoms with Gasteiger partial charge in [0.15, 0.2) is 0 Å². The maximum absolute atomic E-state index is 5.79. The first kappa shape index (κ1) is 9.33. The van der Waals surface area contributed by atoms with E-state index >= 15 is 0 Å². The highest BCUT2D eigenvalue weighted by Crippen LogP contribution is 2.05. The highest BCUT2D eigenvalue weighted by atomic mass is 35.5. The number of halogens is 1. The number of hydrogen-bond acceptors (Lipinski definition) is 2. The minimum atomic E-state index is 0.235. The third-order valence-electron chi connectivity index (χ3n) is 1.55. The monoisotopic (exact) mass is 184 g/mol. The summed E-state index contributed by atoms with van der Waals surface area (Å²) >= 11 is 5.79. The smallest absolute Gasteiger partial charge is 0.0371 e. The van der Waals surface area contributed by atoms with Gasteiger partial charge in [-0.1, -0.05) is 0 Å².